The third kappa shape index (κ3) is 2.96. The topological polar surface area (TPSA) is 53.2 Å². The summed E-state index contributed by atoms with van der Waals surface area (Å²) in [6, 6.07) is 4.24. The van der Waals surface area contributed by atoms with Crippen molar-refractivity contribution in [2.45, 2.75) is 38.6 Å². The fourth-order valence-electron chi connectivity index (χ4n) is 3.36. The predicted molar refractivity (Wildman–Crippen MR) is 84.6 cm³/mol. The molecule has 4 nitrogen and oxygen atoms in total. The minimum atomic E-state index is -0.139. The summed E-state index contributed by atoms with van der Waals surface area (Å²) >= 11 is 6.72. The van der Waals surface area contributed by atoms with Gasteiger partial charge in [0.15, 0.2) is 5.11 Å². The smallest absolute Gasteiger partial charge is 0.279 e. The average Bonchev–Trinajstić information content (AvgIpc) is 3.12. The van der Waals surface area contributed by atoms with Gasteiger partial charge in [0.05, 0.1) is 4.88 Å². The fraction of sp³-hybridized carbons (Fsp3) is 0.571. The molecule has 0 aromatic carbocycles. The molecular weight excluding hydrogens is 290 g/mol. The number of nitrogens with one attached hydrogen (secondary N) is 3. The van der Waals surface area contributed by atoms with Crippen LogP contribution in [0.5, 0.6) is 0 Å². The van der Waals surface area contributed by atoms with Crippen LogP contribution in [0.1, 0.15) is 40.2 Å². The van der Waals surface area contributed by atoms with Gasteiger partial charge in [-0.3, -0.25) is 15.6 Å². The van der Waals surface area contributed by atoms with E-state index in [0.717, 1.165) is 16.7 Å². The fourth-order valence-corrected chi connectivity index (χ4v) is 4.32. The Morgan fingerprint density at radius 2 is 2.15 bits per heavy atom. The molecule has 1 heterocycles. The number of thiophene rings is 1. The molecule has 6 heteroatoms. The lowest BCUT2D eigenvalue weighted by molar-refractivity contribution is 0.0947. The molecule has 3 N–H and O–H groups in total. The summed E-state index contributed by atoms with van der Waals surface area (Å²) in [5.41, 5.74) is 5.45. The Balaban J connectivity index is 1.44. The molecule has 2 fully saturated rings. The lowest BCUT2D eigenvalue weighted by atomic mass is 9.96. The number of aryl methyl sites for hydroxylation is 1. The van der Waals surface area contributed by atoms with Crippen LogP contribution >= 0.6 is 23.6 Å². The number of carbonyl (C=O) groups excluding carboxylic acids is 1. The maximum Gasteiger partial charge on any atom is 0.279 e. The van der Waals surface area contributed by atoms with E-state index in [1.165, 1.54) is 37.0 Å². The third-order valence-electron chi connectivity index (χ3n) is 4.31. The van der Waals surface area contributed by atoms with Crippen LogP contribution < -0.4 is 16.2 Å². The first-order valence-electron chi connectivity index (χ1n) is 7.05. The Hall–Kier alpha value is -1.14. The molecule has 1 aromatic rings. The van der Waals surface area contributed by atoms with E-state index >= 15 is 0 Å². The summed E-state index contributed by atoms with van der Waals surface area (Å²) in [5, 5.41) is 3.85. The summed E-state index contributed by atoms with van der Waals surface area (Å²) in [7, 11) is 0. The second kappa shape index (κ2) is 5.69. The number of carbonyl (C=O) groups is 1. The lowest BCUT2D eigenvalue weighted by Gasteiger charge is -2.24. The van der Waals surface area contributed by atoms with Crippen molar-refractivity contribution < 1.29 is 4.79 Å². The van der Waals surface area contributed by atoms with E-state index in [2.05, 4.69) is 16.2 Å². The zero-order valence-corrected chi connectivity index (χ0v) is 13.1. The molecule has 1 aromatic heterocycles. The minimum Gasteiger partial charge on any atom is -0.358 e. The molecule has 0 unspecified atom stereocenters. The van der Waals surface area contributed by atoms with Gasteiger partial charge in [-0.05, 0) is 62.4 Å². The second-order valence-electron chi connectivity index (χ2n) is 5.74. The third-order valence-corrected chi connectivity index (χ3v) is 5.53. The monoisotopic (exact) mass is 309 g/mol. The van der Waals surface area contributed by atoms with E-state index in [0.29, 0.717) is 16.0 Å². The maximum absolute atomic E-state index is 11.9. The molecule has 0 radical (unpaired) electrons. The molecule has 2 saturated carbocycles. The lowest BCUT2D eigenvalue weighted by Crippen LogP contribution is -2.50. The van der Waals surface area contributed by atoms with Crippen LogP contribution in [-0.4, -0.2) is 17.1 Å². The molecule has 2 aliphatic carbocycles. The predicted octanol–water partition coefficient (Wildman–Crippen LogP) is 2.35. The molecule has 0 aliphatic heterocycles. The van der Waals surface area contributed by atoms with Crippen molar-refractivity contribution >= 4 is 34.6 Å². The van der Waals surface area contributed by atoms with Crippen LogP contribution in [0, 0.1) is 18.8 Å². The Labute approximate surface area is 128 Å². The highest BCUT2D eigenvalue weighted by atomic mass is 32.1. The van der Waals surface area contributed by atoms with Gasteiger partial charge in [-0.1, -0.05) is 6.42 Å². The van der Waals surface area contributed by atoms with Crippen molar-refractivity contribution in [3.63, 3.8) is 0 Å². The van der Waals surface area contributed by atoms with E-state index < -0.39 is 0 Å². The van der Waals surface area contributed by atoms with Crippen LogP contribution in [0.25, 0.3) is 0 Å². The summed E-state index contributed by atoms with van der Waals surface area (Å²) in [6.45, 7) is 1.98. The Bertz CT molecular complexity index is 528. The van der Waals surface area contributed by atoms with Crippen molar-refractivity contribution in [1.82, 2.24) is 16.2 Å². The summed E-state index contributed by atoms with van der Waals surface area (Å²) in [5.74, 6) is 1.50. The Morgan fingerprint density at radius 3 is 2.75 bits per heavy atom. The summed E-state index contributed by atoms with van der Waals surface area (Å²) in [6.07, 6.45) is 5.23. The molecule has 2 bridgehead atoms. The standard InChI is InChI=1S/C14H19N3OS2/c1-8-2-5-12(20-8)13(18)16-17-14(19)15-11-7-9-3-4-10(11)6-9/h2,5,9-11H,3-4,6-7H2,1H3,(H,16,18)(H2,15,17,19)/t9-,10-,11-/m0/s1. The number of rotatable bonds is 2. The largest absolute Gasteiger partial charge is 0.358 e. The van der Waals surface area contributed by atoms with Gasteiger partial charge in [0, 0.05) is 10.9 Å². The number of amides is 1. The molecule has 3 rings (SSSR count). The van der Waals surface area contributed by atoms with Crippen LogP contribution in [0.4, 0.5) is 0 Å². The minimum absolute atomic E-state index is 0.139. The highest BCUT2D eigenvalue weighted by Gasteiger charge is 2.39. The molecule has 0 saturated heterocycles. The van der Waals surface area contributed by atoms with Crippen LogP contribution in [-0.2, 0) is 0 Å². The number of fused-ring (bicyclic) bond motifs is 2. The van der Waals surface area contributed by atoms with Gasteiger partial charge in [-0.15, -0.1) is 11.3 Å². The van der Waals surface area contributed by atoms with Crippen LogP contribution in [0.3, 0.4) is 0 Å². The Morgan fingerprint density at radius 1 is 1.30 bits per heavy atom. The van der Waals surface area contributed by atoms with Crippen LogP contribution in [0.15, 0.2) is 12.1 Å². The van der Waals surface area contributed by atoms with E-state index in [1.54, 1.807) is 0 Å². The second-order valence-corrected chi connectivity index (χ2v) is 7.44. The quantitative estimate of drug-likeness (QED) is 0.580. The molecule has 20 heavy (non-hydrogen) atoms. The summed E-state index contributed by atoms with van der Waals surface area (Å²) in [4.78, 5) is 13.7. The Kier molecular flexibility index (Phi) is 3.94. The molecule has 3 atom stereocenters. The van der Waals surface area contributed by atoms with Crippen molar-refractivity contribution in [3.05, 3.63) is 21.9 Å². The summed E-state index contributed by atoms with van der Waals surface area (Å²) < 4.78 is 0. The normalized spacial score (nSPS) is 27.4. The highest BCUT2D eigenvalue weighted by Crippen LogP contribution is 2.44. The molecule has 1 amide bonds. The zero-order chi connectivity index (χ0) is 14.1. The van der Waals surface area contributed by atoms with E-state index in [-0.39, 0.29) is 5.91 Å². The molecule has 2 aliphatic rings. The molecular formula is C14H19N3OS2. The first kappa shape index (κ1) is 13.8. The van der Waals surface area contributed by atoms with Gasteiger partial charge >= 0.3 is 0 Å². The number of hydrogen-bond acceptors (Lipinski definition) is 3. The maximum atomic E-state index is 11.9. The van der Waals surface area contributed by atoms with Gasteiger partial charge in [0.25, 0.3) is 5.91 Å². The SMILES string of the molecule is Cc1ccc(C(=O)NNC(=S)N[C@H]2C[C@H]3CC[C@H]2C3)s1. The van der Waals surface area contributed by atoms with E-state index in [4.69, 9.17) is 12.2 Å². The van der Waals surface area contributed by atoms with Crippen molar-refractivity contribution in [1.29, 1.82) is 0 Å². The number of hydrazine groups is 1. The van der Waals surface area contributed by atoms with Gasteiger partial charge in [0.2, 0.25) is 0 Å². The van der Waals surface area contributed by atoms with Gasteiger partial charge in [-0.2, -0.15) is 0 Å². The molecule has 0 spiro atoms. The van der Waals surface area contributed by atoms with E-state index in [9.17, 15) is 4.79 Å². The van der Waals surface area contributed by atoms with E-state index in [1.807, 2.05) is 19.1 Å². The first-order valence-corrected chi connectivity index (χ1v) is 8.27. The average molecular weight is 309 g/mol. The van der Waals surface area contributed by atoms with Gasteiger partial charge in [-0.25, -0.2) is 0 Å². The molecule has 108 valence electrons. The number of hydrogen-bond donors (Lipinski definition) is 3. The van der Waals surface area contributed by atoms with Crippen molar-refractivity contribution in [2.24, 2.45) is 11.8 Å². The van der Waals surface area contributed by atoms with Crippen molar-refractivity contribution in [2.75, 3.05) is 0 Å². The zero-order valence-electron chi connectivity index (χ0n) is 11.4. The first-order chi connectivity index (χ1) is 9.61. The van der Waals surface area contributed by atoms with Crippen molar-refractivity contribution in [3.8, 4) is 0 Å². The van der Waals surface area contributed by atoms with Gasteiger partial charge in [0.1, 0.15) is 0 Å². The number of thiocarbonyl (C=S) groups is 1. The van der Waals surface area contributed by atoms with Crippen LogP contribution in [0.2, 0.25) is 0 Å². The van der Waals surface area contributed by atoms with Gasteiger partial charge < -0.3 is 5.32 Å². The highest BCUT2D eigenvalue weighted by molar-refractivity contribution is 7.80.